The molecule has 6 heteroatoms. The van der Waals surface area contributed by atoms with Crippen molar-refractivity contribution in [2.45, 2.75) is 0 Å². The Kier molecular flexibility index (Phi) is 4.48. The van der Waals surface area contributed by atoms with Crippen LogP contribution in [0.5, 0.6) is 0 Å². The Labute approximate surface area is 50.2 Å². The third-order valence-electron chi connectivity index (χ3n) is 0.168. The highest BCUT2D eigenvalue weighted by Gasteiger charge is 1.83. The highest BCUT2D eigenvalue weighted by molar-refractivity contribution is 6.54. The van der Waals surface area contributed by atoms with Gasteiger partial charge in [-0.25, -0.2) is 0 Å². The predicted molar refractivity (Wildman–Crippen MR) is 28.0 cm³/mol. The first-order chi connectivity index (χ1) is 2.77. The van der Waals surface area contributed by atoms with Crippen molar-refractivity contribution in [1.29, 1.82) is 0 Å². The van der Waals surface area contributed by atoms with Crippen molar-refractivity contribution < 1.29 is 0 Å². The molecule has 0 aliphatic carbocycles. The van der Waals surface area contributed by atoms with Gasteiger partial charge in [-0.2, -0.15) is 0 Å². The minimum absolute atomic E-state index is 0.495. The fourth-order valence-corrected chi connectivity index (χ4v) is 1.51. The fourth-order valence-electron chi connectivity index (χ4n) is 0.0559. The maximum absolute atomic E-state index is 3.14. The molecule has 0 bridgehead atoms. The van der Waals surface area contributed by atoms with Gasteiger partial charge in [-0.15, -0.1) is 0 Å². The van der Waals surface area contributed by atoms with Crippen molar-refractivity contribution in [2.24, 2.45) is 0 Å². The van der Waals surface area contributed by atoms with Crippen molar-refractivity contribution >= 4 is 41.1 Å². The predicted octanol–water partition coefficient (Wildman–Crippen LogP) is -2.34. The minimum Gasteiger partial charge on any atom is -0.364 e. The largest absolute Gasteiger partial charge is 0.364 e. The van der Waals surface area contributed by atoms with E-state index < -0.39 is 0 Å². The molecular weight excluding hydrogens is 140 g/mol. The highest BCUT2D eigenvalue weighted by Crippen LogP contribution is 1.51. The van der Waals surface area contributed by atoms with Gasteiger partial charge in [-0.05, 0) is 0 Å². The van der Waals surface area contributed by atoms with Gasteiger partial charge in [-0.1, -0.05) is 0 Å². The third-order valence-corrected chi connectivity index (χ3v) is 1.51. The molecule has 6 heavy (non-hydrogen) atoms. The zero-order chi connectivity index (χ0) is 4.99. The van der Waals surface area contributed by atoms with E-state index in [2.05, 4.69) is 35.9 Å². The summed E-state index contributed by atoms with van der Waals surface area (Å²) in [6.07, 6.45) is 0. The molecule has 0 aromatic heterocycles. The van der Waals surface area contributed by atoms with E-state index in [1.165, 1.54) is 0 Å². The van der Waals surface area contributed by atoms with Crippen LogP contribution in [0, 0.1) is 0 Å². The van der Waals surface area contributed by atoms with Crippen LogP contribution in [0.2, 0.25) is 0 Å². The molecule has 0 saturated carbocycles. The second-order valence-corrected chi connectivity index (χ2v) is 4.48. The molecule has 0 spiro atoms. The van der Waals surface area contributed by atoms with Crippen molar-refractivity contribution in [2.75, 3.05) is 0 Å². The zero-order valence-corrected chi connectivity index (χ0v) is 6.95. The van der Waals surface area contributed by atoms with E-state index in [1.54, 1.807) is 3.90 Å². The van der Waals surface area contributed by atoms with Crippen LogP contribution in [-0.2, 0) is 0 Å². The lowest BCUT2D eigenvalue weighted by atomic mass is 13.8. The second-order valence-electron chi connectivity index (χ2n) is 0.572. The van der Waals surface area contributed by atoms with Gasteiger partial charge in [0.1, 0.15) is 31.2 Å². The highest BCUT2D eigenvalue weighted by atomic mass is 28.3. The average Bonchev–Trinajstić information content (AvgIpc) is 1.35. The third kappa shape index (κ3) is 4.79. The molecule has 0 aromatic carbocycles. The minimum atomic E-state index is 0.495. The summed E-state index contributed by atoms with van der Waals surface area (Å²) in [5, 5.41) is 0. The SMILES string of the molecule is [Si]N[Si]N([Si])[Si]. The molecule has 0 aromatic rings. The first-order valence-electron chi connectivity index (χ1n) is 1.17. The normalized spacial score (nSPS) is 10.0. The lowest BCUT2D eigenvalue weighted by Crippen LogP contribution is -2.32. The van der Waals surface area contributed by atoms with E-state index in [-0.39, 0.29) is 0 Å². The Morgan fingerprint density at radius 3 is 2.00 bits per heavy atom. The van der Waals surface area contributed by atoms with Crippen LogP contribution in [0.15, 0.2) is 0 Å². The summed E-state index contributed by atoms with van der Waals surface area (Å²) < 4.78 is 4.39. The van der Waals surface area contributed by atoms with E-state index in [4.69, 9.17) is 0 Å². The van der Waals surface area contributed by atoms with E-state index in [9.17, 15) is 0 Å². The van der Waals surface area contributed by atoms with E-state index in [1.807, 2.05) is 0 Å². The Morgan fingerprint density at radius 1 is 1.50 bits per heavy atom. The topological polar surface area (TPSA) is 15.3 Å². The summed E-state index contributed by atoms with van der Waals surface area (Å²) in [5.74, 6) is 0. The molecular formula is HN2Si4. The van der Waals surface area contributed by atoms with Gasteiger partial charge in [0.05, 0.1) is 0 Å². The quantitative estimate of drug-likeness (QED) is 0.434. The molecule has 0 rings (SSSR count). The molecule has 27 valence electrons. The molecule has 0 atom stereocenters. The molecule has 0 unspecified atom stereocenters. The van der Waals surface area contributed by atoms with Crippen molar-refractivity contribution in [1.82, 2.24) is 8.54 Å². The van der Waals surface area contributed by atoms with Crippen LogP contribution in [0.3, 0.4) is 0 Å². The zero-order valence-electron chi connectivity index (χ0n) is 2.95. The monoisotopic (exact) mass is 141 g/mol. The molecule has 1 N–H and O–H groups in total. The lowest BCUT2D eigenvalue weighted by Gasteiger charge is -2.01. The summed E-state index contributed by atoms with van der Waals surface area (Å²) >= 11 is 0. The maximum atomic E-state index is 3.14. The number of hydrogen-bond donors (Lipinski definition) is 1. The molecule has 0 saturated heterocycles. The first-order valence-corrected chi connectivity index (χ1v) is 3.51. The summed E-state index contributed by atoms with van der Waals surface area (Å²) in [6.45, 7) is 0. The molecule has 0 amide bonds. The molecule has 0 heterocycles. The standard InChI is InChI=1S/HN2Si4/c3-1-6-2(4)5/h1H. The van der Waals surface area contributed by atoms with Crippen LogP contribution < -0.4 is 4.65 Å². The lowest BCUT2D eigenvalue weighted by molar-refractivity contribution is 1.12. The first kappa shape index (κ1) is 6.79. The van der Waals surface area contributed by atoms with Crippen molar-refractivity contribution in [3.63, 3.8) is 0 Å². The maximum Gasteiger partial charge on any atom is 0.224 e. The van der Waals surface area contributed by atoms with Gasteiger partial charge >= 0.3 is 0 Å². The van der Waals surface area contributed by atoms with Crippen molar-refractivity contribution in [3.05, 3.63) is 0 Å². The van der Waals surface area contributed by atoms with E-state index >= 15 is 0 Å². The van der Waals surface area contributed by atoms with Crippen LogP contribution in [0.4, 0.5) is 0 Å². The number of rotatable bonds is 2. The number of nitrogens with zero attached hydrogens (tertiary/aromatic N) is 1. The van der Waals surface area contributed by atoms with Gasteiger partial charge in [0.25, 0.3) is 0 Å². The summed E-state index contributed by atoms with van der Waals surface area (Å²) in [5.41, 5.74) is 0. The number of nitrogens with one attached hydrogen (secondary N) is 1. The fraction of sp³-hybridized carbons (Fsp3) is 0. The van der Waals surface area contributed by atoms with Gasteiger partial charge in [0, 0.05) is 0 Å². The van der Waals surface area contributed by atoms with Crippen LogP contribution in [0.1, 0.15) is 0 Å². The smallest absolute Gasteiger partial charge is 0.224 e. The van der Waals surface area contributed by atoms with Gasteiger partial charge in [0.15, 0.2) is 0 Å². The Hall–Kier alpha value is 0.788. The molecule has 11 radical (unpaired) electrons. The van der Waals surface area contributed by atoms with E-state index in [0.29, 0.717) is 9.84 Å². The second kappa shape index (κ2) is 3.96. The summed E-state index contributed by atoms with van der Waals surface area (Å²) in [7, 11) is 9.83. The van der Waals surface area contributed by atoms with Gasteiger partial charge in [-0.3, -0.25) is 0 Å². The average molecular weight is 141 g/mol. The Bertz CT molecular complexity index is 26.7. The summed E-state index contributed by atoms with van der Waals surface area (Å²) in [6, 6.07) is 0. The van der Waals surface area contributed by atoms with Crippen molar-refractivity contribution in [3.8, 4) is 0 Å². The molecule has 2 nitrogen and oxygen atoms in total. The van der Waals surface area contributed by atoms with E-state index in [0.717, 1.165) is 0 Å². The number of hydrogen-bond acceptors (Lipinski definition) is 2. The molecule has 0 fully saturated rings. The van der Waals surface area contributed by atoms with Crippen LogP contribution in [-0.4, -0.2) is 45.0 Å². The van der Waals surface area contributed by atoms with Crippen LogP contribution in [0.25, 0.3) is 0 Å². The van der Waals surface area contributed by atoms with Gasteiger partial charge in [0.2, 0.25) is 9.84 Å². The Balaban J connectivity index is 2.63. The molecule has 0 aliphatic rings. The van der Waals surface area contributed by atoms with Crippen LogP contribution >= 0.6 is 0 Å². The molecule has 0 aliphatic heterocycles. The van der Waals surface area contributed by atoms with Gasteiger partial charge < -0.3 is 8.54 Å². The summed E-state index contributed by atoms with van der Waals surface area (Å²) in [4.78, 5) is 0. The Morgan fingerprint density at radius 2 is 2.00 bits per heavy atom.